The number of thioether (sulfide) groups is 1. The zero-order valence-corrected chi connectivity index (χ0v) is 17.9. The van der Waals surface area contributed by atoms with E-state index in [4.69, 9.17) is 40.4 Å². The number of halogens is 2. The number of nitrogens with two attached hydrogens (primary N) is 3. The van der Waals surface area contributed by atoms with Gasteiger partial charge < -0.3 is 17.2 Å². The second-order valence-corrected chi connectivity index (χ2v) is 8.24. The molecule has 6 N–H and O–H groups in total. The van der Waals surface area contributed by atoms with Crippen LogP contribution in [0.2, 0.25) is 10.0 Å². The Hall–Kier alpha value is -2.75. The Bertz CT molecular complexity index is 1080. The lowest BCUT2D eigenvalue weighted by Crippen LogP contribution is -2.20. The van der Waals surface area contributed by atoms with Crippen molar-refractivity contribution >= 4 is 52.5 Å². The molecule has 0 radical (unpaired) electrons. The van der Waals surface area contributed by atoms with Crippen molar-refractivity contribution in [3.8, 4) is 0 Å². The molecule has 0 bridgehead atoms. The topological polar surface area (TPSA) is 147 Å². The van der Waals surface area contributed by atoms with E-state index < -0.39 is 17.4 Å². The molecular formula is C19H18Cl2N6O2S. The van der Waals surface area contributed by atoms with Crippen molar-refractivity contribution in [2.45, 2.75) is 16.6 Å². The Morgan fingerprint density at radius 3 is 2.33 bits per heavy atom. The smallest absolute Gasteiger partial charge is 0.223 e. The van der Waals surface area contributed by atoms with E-state index in [0.29, 0.717) is 26.9 Å². The maximum atomic E-state index is 11.4. The van der Waals surface area contributed by atoms with Crippen LogP contribution in [0.25, 0.3) is 0 Å². The maximum Gasteiger partial charge on any atom is 0.223 e. The molecule has 156 valence electrons. The van der Waals surface area contributed by atoms with Gasteiger partial charge in [-0.05, 0) is 29.3 Å². The lowest BCUT2D eigenvalue weighted by atomic mass is 9.91. The van der Waals surface area contributed by atoms with E-state index in [2.05, 4.69) is 9.97 Å². The first-order chi connectivity index (χ1) is 14.3. The quantitative estimate of drug-likeness (QED) is 0.267. The fraction of sp³-hybridized carbons (Fsp3) is 0.158. The number of rotatable bonds is 7. The molecule has 1 aromatic heterocycles. The molecule has 0 saturated carbocycles. The molecule has 0 fully saturated rings. The fourth-order valence-electron chi connectivity index (χ4n) is 3.07. The first-order valence-corrected chi connectivity index (χ1v) is 10.5. The van der Waals surface area contributed by atoms with Gasteiger partial charge in [-0.1, -0.05) is 47.5 Å². The van der Waals surface area contributed by atoms with Crippen LogP contribution in [0, 0.1) is 10.1 Å². The second-order valence-electron chi connectivity index (χ2n) is 6.41. The van der Waals surface area contributed by atoms with Gasteiger partial charge in [0.2, 0.25) is 12.5 Å². The highest BCUT2D eigenvalue weighted by atomic mass is 35.5. The molecule has 0 spiro atoms. The number of aromatic nitrogens is 2. The highest BCUT2D eigenvalue weighted by Crippen LogP contribution is 2.38. The molecule has 1 unspecified atom stereocenters. The molecule has 0 aliphatic rings. The van der Waals surface area contributed by atoms with E-state index in [0.717, 1.165) is 10.5 Å². The van der Waals surface area contributed by atoms with Gasteiger partial charge in [-0.2, -0.15) is 9.97 Å². The number of hydrogen-bond acceptors (Lipinski definition) is 8. The Balaban J connectivity index is 1.99. The Kier molecular flexibility index (Phi) is 6.86. The summed E-state index contributed by atoms with van der Waals surface area (Å²) in [4.78, 5) is 19.7. The minimum atomic E-state index is -0.738. The molecule has 0 aliphatic carbocycles. The van der Waals surface area contributed by atoms with Crippen LogP contribution in [0.5, 0.6) is 0 Å². The van der Waals surface area contributed by atoms with Gasteiger partial charge in [0.1, 0.15) is 11.6 Å². The number of nitro groups is 1. The third-order valence-electron chi connectivity index (χ3n) is 4.37. The molecule has 11 heteroatoms. The molecule has 0 aliphatic heterocycles. The standard InChI is InChI=1S/C19H18Cl2N6O2S/c20-13-6-5-10(7-14(13)21)9-30-15-4-2-1-3-11(15)12(8-27(28)29)16-17(22)25-19(24)26-18(16)23/h1-7,12H,8-9H2,(H6,22,23,24,25,26). The van der Waals surface area contributed by atoms with Crippen molar-refractivity contribution < 1.29 is 4.92 Å². The summed E-state index contributed by atoms with van der Waals surface area (Å²) in [6.45, 7) is -0.425. The molecule has 3 aromatic rings. The van der Waals surface area contributed by atoms with Crippen molar-refractivity contribution in [3.05, 3.63) is 79.3 Å². The summed E-state index contributed by atoms with van der Waals surface area (Å²) >= 11 is 13.6. The van der Waals surface area contributed by atoms with E-state index in [1.165, 1.54) is 11.8 Å². The summed E-state index contributed by atoms with van der Waals surface area (Å²) in [5, 5.41) is 12.4. The van der Waals surface area contributed by atoms with Crippen LogP contribution in [0.15, 0.2) is 47.4 Å². The zero-order valence-electron chi connectivity index (χ0n) is 15.6. The van der Waals surface area contributed by atoms with Crippen molar-refractivity contribution in [2.75, 3.05) is 23.7 Å². The first kappa shape index (κ1) is 21.9. The summed E-state index contributed by atoms with van der Waals surface area (Å²) < 4.78 is 0. The van der Waals surface area contributed by atoms with Gasteiger partial charge in [-0.15, -0.1) is 11.8 Å². The largest absolute Gasteiger partial charge is 0.383 e. The van der Waals surface area contributed by atoms with Crippen LogP contribution in [0.4, 0.5) is 17.6 Å². The number of hydrogen-bond donors (Lipinski definition) is 3. The summed E-state index contributed by atoms with van der Waals surface area (Å²) in [7, 11) is 0. The maximum absolute atomic E-state index is 11.4. The van der Waals surface area contributed by atoms with E-state index in [-0.39, 0.29) is 17.6 Å². The van der Waals surface area contributed by atoms with E-state index >= 15 is 0 Å². The lowest BCUT2D eigenvalue weighted by Gasteiger charge is -2.20. The number of anilines is 3. The molecular weight excluding hydrogens is 447 g/mol. The SMILES string of the molecule is Nc1nc(N)c(C(C[N+](=O)[O-])c2ccccc2SCc2ccc(Cl)c(Cl)c2)c(N)n1. The molecule has 8 nitrogen and oxygen atoms in total. The van der Waals surface area contributed by atoms with Gasteiger partial charge in [0.15, 0.2) is 0 Å². The summed E-state index contributed by atoms with van der Waals surface area (Å²) in [6.07, 6.45) is 0. The van der Waals surface area contributed by atoms with Crippen molar-refractivity contribution in [3.63, 3.8) is 0 Å². The van der Waals surface area contributed by atoms with Gasteiger partial charge in [-0.25, -0.2) is 0 Å². The summed E-state index contributed by atoms with van der Waals surface area (Å²) in [5.74, 6) is -0.191. The normalized spacial score (nSPS) is 11.9. The van der Waals surface area contributed by atoms with Crippen LogP contribution >= 0.6 is 35.0 Å². The molecule has 2 aromatic carbocycles. The van der Waals surface area contributed by atoms with Crippen LogP contribution in [0.3, 0.4) is 0 Å². The minimum Gasteiger partial charge on any atom is -0.383 e. The average molecular weight is 465 g/mol. The van der Waals surface area contributed by atoms with Gasteiger partial charge in [0.25, 0.3) is 0 Å². The van der Waals surface area contributed by atoms with Crippen molar-refractivity contribution in [2.24, 2.45) is 0 Å². The number of nitrogens with zero attached hydrogens (tertiary/aromatic N) is 3. The predicted octanol–water partition coefficient (Wildman–Crippen LogP) is 4.23. The third-order valence-corrected chi connectivity index (χ3v) is 6.27. The molecule has 1 heterocycles. The molecule has 3 rings (SSSR count). The van der Waals surface area contributed by atoms with Crippen molar-refractivity contribution in [1.29, 1.82) is 0 Å². The average Bonchev–Trinajstić information content (AvgIpc) is 2.67. The van der Waals surface area contributed by atoms with Crippen LogP contribution in [0.1, 0.15) is 22.6 Å². The molecule has 1 atom stereocenters. The van der Waals surface area contributed by atoms with Gasteiger partial charge >= 0.3 is 0 Å². The second kappa shape index (κ2) is 9.38. The number of benzene rings is 2. The van der Waals surface area contributed by atoms with E-state index in [9.17, 15) is 10.1 Å². The molecule has 0 saturated heterocycles. The third kappa shape index (κ3) is 5.05. The highest BCUT2D eigenvalue weighted by molar-refractivity contribution is 7.98. The van der Waals surface area contributed by atoms with Crippen LogP contribution < -0.4 is 17.2 Å². The number of nitrogen functional groups attached to an aromatic ring is 3. The molecule has 30 heavy (non-hydrogen) atoms. The Morgan fingerprint density at radius 1 is 1.03 bits per heavy atom. The van der Waals surface area contributed by atoms with Crippen LogP contribution in [-0.2, 0) is 5.75 Å². The molecule has 0 amide bonds. The van der Waals surface area contributed by atoms with E-state index in [1.54, 1.807) is 24.3 Å². The predicted molar refractivity (Wildman–Crippen MR) is 121 cm³/mol. The Morgan fingerprint density at radius 2 is 1.70 bits per heavy atom. The minimum absolute atomic E-state index is 0.0242. The fourth-order valence-corrected chi connectivity index (χ4v) is 4.44. The first-order valence-electron chi connectivity index (χ1n) is 8.72. The summed E-state index contributed by atoms with van der Waals surface area (Å²) in [5.41, 5.74) is 19.6. The zero-order chi connectivity index (χ0) is 21.8. The van der Waals surface area contributed by atoms with Crippen molar-refractivity contribution in [1.82, 2.24) is 9.97 Å². The van der Waals surface area contributed by atoms with Crippen LogP contribution in [-0.4, -0.2) is 21.4 Å². The lowest BCUT2D eigenvalue weighted by molar-refractivity contribution is -0.481. The van der Waals surface area contributed by atoms with Gasteiger partial charge in [-0.3, -0.25) is 10.1 Å². The highest BCUT2D eigenvalue weighted by Gasteiger charge is 2.28. The monoisotopic (exact) mass is 464 g/mol. The Labute approximate surface area is 186 Å². The van der Waals surface area contributed by atoms with E-state index in [1.807, 2.05) is 18.2 Å². The van der Waals surface area contributed by atoms with Gasteiger partial charge in [0.05, 0.1) is 21.5 Å². The van der Waals surface area contributed by atoms with Gasteiger partial charge in [0, 0.05) is 15.6 Å². The summed E-state index contributed by atoms with van der Waals surface area (Å²) in [6, 6.07) is 12.7.